The van der Waals surface area contributed by atoms with Crippen LogP contribution in [0.4, 0.5) is 0 Å². The number of aliphatic hydroxyl groups is 1. The molecule has 2 heterocycles. The van der Waals surface area contributed by atoms with E-state index in [1.54, 1.807) is 33.1 Å². The average Bonchev–Trinajstić information content (AvgIpc) is 3.28. The van der Waals surface area contributed by atoms with Crippen molar-refractivity contribution in [1.29, 1.82) is 5.41 Å². The highest BCUT2D eigenvalue weighted by molar-refractivity contribution is 6.00. The van der Waals surface area contributed by atoms with E-state index in [9.17, 15) is 14.7 Å². The summed E-state index contributed by atoms with van der Waals surface area (Å²) < 4.78 is 11.7. The SMILES string of the molecule is CCC1(CC)CC(=O)N([C@@H]2C[C@H](OC)c3ccc(C(=O)N[C@@H]4c5ccccc5OC(C)(C)[C@H]4O)cc32)C(=N)N1. The minimum absolute atomic E-state index is 0.0849. The Labute approximate surface area is 229 Å². The number of guanidine groups is 1. The molecule has 9 heteroatoms. The van der Waals surface area contributed by atoms with Crippen LogP contribution in [0.1, 0.15) is 98.6 Å². The number of methoxy groups -OCH3 is 1. The average molecular weight is 535 g/mol. The second-order valence-corrected chi connectivity index (χ2v) is 11.4. The van der Waals surface area contributed by atoms with Crippen molar-refractivity contribution >= 4 is 17.8 Å². The normalized spacial score (nSPS) is 26.8. The number of benzene rings is 2. The number of fused-ring (bicyclic) bond motifs is 2. The standard InChI is InChI=1S/C30H38N4O5/c1-6-30(7-2)16-24(35)34(28(31)33-30)21-15-23(38-5)18-13-12-17(14-20(18)21)27(37)32-25-19-10-8-9-11-22(19)39-29(3,4)26(25)36/h8-14,21,23,25-26,36H,6-7,15-16H2,1-5H3,(H2,31,33)(H,32,37)/t21-,23+,25-,26+/m1/s1. The largest absolute Gasteiger partial charge is 0.485 e. The molecular formula is C30H38N4O5. The summed E-state index contributed by atoms with van der Waals surface area (Å²) in [5.74, 6) is 0.263. The van der Waals surface area contributed by atoms with Crippen LogP contribution in [0.5, 0.6) is 5.75 Å². The first kappa shape index (κ1) is 27.1. The molecule has 4 N–H and O–H groups in total. The third-order valence-corrected chi connectivity index (χ3v) is 8.77. The van der Waals surface area contributed by atoms with Gasteiger partial charge in [-0.2, -0.15) is 0 Å². The zero-order chi connectivity index (χ0) is 28.1. The highest BCUT2D eigenvalue weighted by atomic mass is 16.5. The summed E-state index contributed by atoms with van der Waals surface area (Å²) in [4.78, 5) is 28.5. The first-order valence-corrected chi connectivity index (χ1v) is 13.7. The quantitative estimate of drug-likeness (QED) is 0.442. The fraction of sp³-hybridized carbons (Fsp3) is 0.500. The summed E-state index contributed by atoms with van der Waals surface area (Å²) in [6, 6.07) is 11.7. The van der Waals surface area contributed by atoms with Gasteiger partial charge in [-0.25, -0.2) is 0 Å². The first-order chi connectivity index (χ1) is 18.5. The van der Waals surface area contributed by atoms with Crippen molar-refractivity contribution in [3.05, 3.63) is 64.7 Å². The summed E-state index contributed by atoms with van der Waals surface area (Å²) >= 11 is 0. The number of nitrogens with one attached hydrogen (secondary N) is 3. The number of rotatable bonds is 6. The molecule has 0 aromatic heterocycles. The predicted octanol–water partition coefficient (Wildman–Crippen LogP) is 4.14. The van der Waals surface area contributed by atoms with Crippen molar-refractivity contribution in [1.82, 2.24) is 15.5 Å². The lowest BCUT2D eigenvalue weighted by Crippen LogP contribution is -2.62. The van der Waals surface area contributed by atoms with Gasteiger partial charge in [0, 0.05) is 30.2 Å². The van der Waals surface area contributed by atoms with E-state index in [2.05, 4.69) is 10.6 Å². The number of hydrogen-bond donors (Lipinski definition) is 4. The van der Waals surface area contributed by atoms with Gasteiger partial charge in [-0.15, -0.1) is 0 Å². The third-order valence-electron chi connectivity index (χ3n) is 8.77. The van der Waals surface area contributed by atoms with E-state index in [-0.39, 0.29) is 23.9 Å². The molecule has 0 bridgehead atoms. The maximum atomic E-state index is 13.6. The Morgan fingerprint density at radius 2 is 1.90 bits per heavy atom. The molecular weight excluding hydrogens is 496 g/mol. The minimum Gasteiger partial charge on any atom is -0.485 e. The van der Waals surface area contributed by atoms with Crippen molar-refractivity contribution in [3.63, 3.8) is 0 Å². The number of carbonyl (C=O) groups is 2. The van der Waals surface area contributed by atoms with E-state index in [4.69, 9.17) is 14.9 Å². The Bertz CT molecular complexity index is 1280. The van der Waals surface area contributed by atoms with Crippen LogP contribution in [0, 0.1) is 5.41 Å². The minimum atomic E-state index is -0.966. The Kier molecular flexibility index (Phi) is 6.93. The molecule has 2 aromatic carbocycles. The number of aliphatic hydroxyl groups excluding tert-OH is 1. The lowest BCUT2D eigenvalue weighted by atomic mass is 9.86. The number of amides is 2. The lowest BCUT2D eigenvalue weighted by molar-refractivity contribution is -0.133. The number of carbonyl (C=O) groups excluding carboxylic acids is 2. The first-order valence-electron chi connectivity index (χ1n) is 13.7. The summed E-state index contributed by atoms with van der Waals surface area (Å²) in [5, 5.41) is 26.1. The lowest BCUT2D eigenvalue weighted by Gasteiger charge is -2.44. The zero-order valence-electron chi connectivity index (χ0n) is 23.2. The highest BCUT2D eigenvalue weighted by Gasteiger charge is 2.46. The highest BCUT2D eigenvalue weighted by Crippen LogP contribution is 2.46. The van der Waals surface area contributed by atoms with Gasteiger partial charge in [0.15, 0.2) is 5.96 Å². The number of hydrogen-bond acceptors (Lipinski definition) is 6. The van der Waals surface area contributed by atoms with Gasteiger partial charge in [0.1, 0.15) is 17.5 Å². The molecule has 39 heavy (non-hydrogen) atoms. The Morgan fingerprint density at radius 3 is 2.56 bits per heavy atom. The van der Waals surface area contributed by atoms with Crippen LogP contribution < -0.4 is 15.4 Å². The molecule has 5 rings (SSSR count). The van der Waals surface area contributed by atoms with Gasteiger partial charge < -0.3 is 25.2 Å². The van der Waals surface area contributed by atoms with E-state index in [1.165, 1.54) is 4.90 Å². The molecule has 9 nitrogen and oxygen atoms in total. The molecule has 0 unspecified atom stereocenters. The summed E-state index contributed by atoms with van der Waals surface area (Å²) in [6.07, 6.45) is 1.08. The molecule has 2 aliphatic heterocycles. The fourth-order valence-electron chi connectivity index (χ4n) is 6.21. The molecule has 0 spiro atoms. The molecule has 1 fully saturated rings. The van der Waals surface area contributed by atoms with Crippen molar-refractivity contribution in [2.45, 2.75) is 88.8 Å². The van der Waals surface area contributed by atoms with Gasteiger partial charge in [0.25, 0.3) is 5.91 Å². The third kappa shape index (κ3) is 4.57. The van der Waals surface area contributed by atoms with Crippen LogP contribution in [0.25, 0.3) is 0 Å². The van der Waals surface area contributed by atoms with Crippen molar-refractivity contribution in [3.8, 4) is 5.75 Å². The van der Waals surface area contributed by atoms with Gasteiger partial charge in [-0.05, 0) is 56.0 Å². The predicted molar refractivity (Wildman–Crippen MR) is 147 cm³/mol. The maximum absolute atomic E-state index is 13.6. The van der Waals surface area contributed by atoms with E-state index >= 15 is 0 Å². The van der Waals surface area contributed by atoms with E-state index < -0.39 is 29.3 Å². The molecule has 4 atom stereocenters. The van der Waals surface area contributed by atoms with Crippen molar-refractivity contribution in [2.75, 3.05) is 7.11 Å². The molecule has 2 aromatic rings. The van der Waals surface area contributed by atoms with E-state index in [0.29, 0.717) is 29.7 Å². The number of nitrogens with zero attached hydrogens (tertiary/aromatic N) is 1. The zero-order valence-corrected chi connectivity index (χ0v) is 23.2. The van der Waals surface area contributed by atoms with E-state index in [1.807, 2.05) is 44.2 Å². The number of ether oxygens (including phenoxy) is 2. The summed E-state index contributed by atoms with van der Waals surface area (Å²) in [7, 11) is 1.63. The van der Waals surface area contributed by atoms with Crippen LogP contribution in [-0.4, -0.2) is 52.1 Å². The molecule has 0 saturated carbocycles. The van der Waals surface area contributed by atoms with Gasteiger partial charge in [-0.1, -0.05) is 38.1 Å². The van der Waals surface area contributed by atoms with Crippen LogP contribution in [0.2, 0.25) is 0 Å². The van der Waals surface area contributed by atoms with Crippen molar-refractivity contribution in [2.24, 2.45) is 0 Å². The second-order valence-electron chi connectivity index (χ2n) is 11.4. The Balaban J connectivity index is 1.45. The fourth-order valence-corrected chi connectivity index (χ4v) is 6.21. The van der Waals surface area contributed by atoms with Gasteiger partial charge >= 0.3 is 0 Å². The molecule has 208 valence electrons. The van der Waals surface area contributed by atoms with E-state index in [0.717, 1.165) is 24.0 Å². The number of para-hydroxylation sites is 1. The van der Waals surface area contributed by atoms with Crippen LogP contribution in [0.15, 0.2) is 42.5 Å². The Morgan fingerprint density at radius 1 is 1.18 bits per heavy atom. The topological polar surface area (TPSA) is 124 Å². The van der Waals surface area contributed by atoms with Gasteiger partial charge in [0.05, 0.1) is 24.6 Å². The molecule has 1 saturated heterocycles. The smallest absolute Gasteiger partial charge is 0.251 e. The summed E-state index contributed by atoms with van der Waals surface area (Å²) in [6.45, 7) is 7.64. The monoisotopic (exact) mass is 534 g/mol. The summed E-state index contributed by atoms with van der Waals surface area (Å²) in [5.41, 5.74) is 1.51. The second kappa shape index (κ2) is 9.95. The van der Waals surface area contributed by atoms with Crippen LogP contribution in [-0.2, 0) is 9.53 Å². The molecule has 2 amide bonds. The maximum Gasteiger partial charge on any atom is 0.251 e. The van der Waals surface area contributed by atoms with Gasteiger partial charge in [0.2, 0.25) is 5.91 Å². The van der Waals surface area contributed by atoms with Crippen molar-refractivity contribution < 1.29 is 24.2 Å². The molecule has 1 aliphatic carbocycles. The van der Waals surface area contributed by atoms with Crippen LogP contribution in [0.3, 0.4) is 0 Å². The van der Waals surface area contributed by atoms with Gasteiger partial charge in [-0.3, -0.25) is 19.9 Å². The molecule has 0 radical (unpaired) electrons. The molecule has 3 aliphatic rings. The van der Waals surface area contributed by atoms with Crippen LogP contribution >= 0.6 is 0 Å². The Hall–Kier alpha value is -3.43.